The van der Waals surface area contributed by atoms with Crippen LogP contribution in [0.1, 0.15) is 41.5 Å². The SMILES string of the molecule is COC(=O)C1(c2ccc(Cl)cc2)CCN(CC/C=C2\c3ccccc3COc3ccccc32)CC1. The number of esters is 1. The Kier molecular flexibility index (Phi) is 6.94. The van der Waals surface area contributed by atoms with Crippen LogP contribution in [0, 0.1) is 0 Å². The molecule has 0 radical (unpaired) electrons. The highest BCUT2D eigenvalue weighted by Gasteiger charge is 2.43. The van der Waals surface area contributed by atoms with Crippen molar-refractivity contribution in [2.24, 2.45) is 0 Å². The molecular formula is C30H30ClNO3. The first-order valence-corrected chi connectivity index (χ1v) is 12.6. The standard InChI is InChI=1S/C30H30ClNO3/c1-34-29(33)30(23-12-14-24(31)15-13-23)16-19-32(20-17-30)18-6-10-26-25-8-3-2-7-22(25)21-35-28-11-5-4-9-27(26)28/h2-5,7-15H,6,16-21H2,1H3/b26-10+. The number of hydrogen-bond donors (Lipinski definition) is 0. The van der Waals surface area contributed by atoms with Gasteiger partial charge in [0.15, 0.2) is 0 Å². The molecule has 5 heteroatoms. The molecule has 3 aromatic carbocycles. The van der Waals surface area contributed by atoms with Gasteiger partial charge in [-0.2, -0.15) is 0 Å². The third-order valence-corrected chi connectivity index (χ3v) is 7.60. The van der Waals surface area contributed by atoms with E-state index in [-0.39, 0.29) is 5.97 Å². The van der Waals surface area contributed by atoms with Crippen molar-refractivity contribution in [2.75, 3.05) is 26.7 Å². The van der Waals surface area contributed by atoms with E-state index in [4.69, 9.17) is 21.1 Å². The first-order valence-electron chi connectivity index (χ1n) is 12.2. The van der Waals surface area contributed by atoms with Gasteiger partial charge in [-0.25, -0.2) is 0 Å². The van der Waals surface area contributed by atoms with Crippen LogP contribution in [0.5, 0.6) is 5.75 Å². The van der Waals surface area contributed by atoms with E-state index < -0.39 is 5.41 Å². The molecule has 2 aliphatic rings. The Balaban J connectivity index is 1.32. The van der Waals surface area contributed by atoms with Crippen molar-refractivity contribution in [2.45, 2.75) is 31.3 Å². The molecule has 0 unspecified atom stereocenters. The molecule has 35 heavy (non-hydrogen) atoms. The van der Waals surface area contributed by atoms with Crippen LogP contribution in [0.15, 0.2) is 78.9 Å². The van der Waals surface area contributed by atoms with E-state index in [1.165, 1.54) is 23.8 Å². The highest BCUT2D eigenvalue weighted by Crippen LogP contribution is 2.39. The number of ether oxygens (including phenoxy) is 2. The van der Waals surface area contributed by atoms with Gasteiger partial charge in [0.25, 0.3) is 0 Å². The summed E-state index contributed by atoms with van der Waals surface area (Å²) >= 11 is 6.09. The van der Waals surface area contributed by atoms with E-state index in [0.717, 1.165) is 55.8 Å². The van der Waals surface area contributed by atoms with Crippen LogP contribution >= 0.6 is 11.6 Å². The number of methoxy groups -OCH3 is 1. The lowest BCUT2D eigenvalue weighted by Crippen LogP contribution is -2.48. The summed E-state index contributed by atoms with van der Waals surface area (Å²) in [6.45, 7) is 3.21. The van der Waals surface area contributed by atoms with E-state index in [1.807, 2.05) is 36.4 Å². The van der Waals surface area contributed by atoms with Crippen molar-refractivity contribution >= 4 is 23.1 Å². The number of carbonyl (C=O) groups excluding carboxylic acids is 1. The summed E-state index contributed by atoms with van der Waals surface area (Å²) in [5.41, 5.74) is 5.20. The monoisotopic (exact) mass is 487 g/mol. The Morgan fingerprint density at radius 2 is 1.69 bits per heavy atom. The Bertz CT molecular complexity index is 1180. The quantitative estimate of drug-likeness (QED) is 0.398. The number of para-hydroxylation sites is 1. The Hall–Kier alpha value is -3.08. The van der Waals surface area contributed by atoms with Gasteiger partial charge in [-0.15, -0.1) is 0 Å². The van der Waals surface area contributed by atoms with Crippen molar-refractivity contribution in [1.29, 1.82) is 0 Å². The maximum Gasteiger partial charge on any atom is 0.316 e. The van der Waals surface area contributed by atoms with E-state index in [2.05, 4.69) is 47.4 Å². The first kappa shape index (κ1) is 23.7. The van der Waals surface area contributed by atoms with Crippen LogP contribution in [-0.4, -0.2) is 37.6 Å². The maximum absolute atomic E-state index is 12.9. The number of carbonyl (C=O) groups is 1. The predicted molar refractivity (Wildman–Crippen MR) is 140 cm³/mol. The second-order valence-corrected chi connectivity index (χ2v) is 9.71. The van der Waals surface area contributed by atoms with E-state index >= 15 is 0 Å². The predicted octanol–water partition coefficient (Wildman–Crippen LogP) is 6.26. The van der Waals surface area contributed by atoms with Crippen LogP contribution in [-0.2, 0) is 21.6 Å². The summed E-state index contributed by atoms with van der Waals surface area (Å²) in [5.74, 6) is 0.770. The minimum absolute atomic E-state index is 0.159. The molecule has 4 nitrogen and oxygen atoms in total. The molecular weight excluding hydrogens is 458 g/mol. The van der Waals surface area contributed by atoms with Crippen LogP contribution in [0.4, 0.5) is 0 Å². The highest BCUT2D eigenvalue weighted by atomic mass is 35.5. The van der Waals surface area contributed by atoms with Gasteiger partial charge < -0.3 is 14.4 Å². The van der Waals surface area contributed by atoms with Gasteiger partial charge in [0, 0.05) is 17.1 Å². The molecule has 0 saturated carbocycles. The van der Waals surface area contributed by atoms with Crippen molar-refractivity contribution in [3.05, 3.63) is 106 Å². The minimum atomic E-state index is -0.606. The molecule has 180 valence electrons. The average molecular weight is 488 g/mol. The smallest absolute Gasteiger partial charge is 0.316 e. The molecule has 1 saturated heterocycles. The summed E-state index contributed by atoms with van der Waals surface area (Å²) in [6.07, 6.45) is 4.73. The molecule has 0 aliphatic carbocycles. The summed E-state index contributed by atoms with van der Waals surface area (Å²) in [4.78, 5) is 15.3. The highest BCUT2D eigenvalue weighted by molar-refractivity contribution is 6.30. The number of fused-ring (bicyclic) bond motifs is 2. The fraction of sp³-hybridized carbons (Fsp3) is 0.300. The van der Waals surface area contributed by atoms with Crippen molar-refractivity contribution in [3.63, 3.8) is 0 Å². The van der Waals surface area contributed by atoms with Gasteiger partial charge in [-0.05, 0) is 72.8 Å². The molecule has 0 N–H and O–H groups in total. The van der Waals surface area contributed by atoms with Gasteiger partial charge in [0.1, 0.15) is 12.4 Å². The number of piperidine rings is 1. The molecule has 5 rings (SSSR count). The molecule has 0 spiro atoms. The molecule has 0 amide bonds. The Labute approximate surface area is 212 Å². The van der Waals surface area contributed by atoms with Gasteiger partial charge in [-0.1, -0.05) is 72.3 Å². The summed E-state index contributed by atoms with van der Waals surface area (Å²) < 4.78 is 11.3. The lowest BCUT2D eigenvalue weighted by Gasteiger charge is -2.40. The summed E-state index contributed by atoms with van der Waals surface area (Å²) in [6, 6.07) is 24.4. The zero-order valence-electron chi connectivity index (χ0n) is 20.0. The van der Waals surface area contributed by atoms with Gasteiger partial charge >= 0.3 is 5.97 Å². The summed E-state index contributed by atoms with van der Waals surface area (Å²) in [7, 11) is 1.48. The van der Waals surface area contributed by atoms with Crippen LogP contribution in [0.2, 0.25) is 5.02 Å². The normalized spacial score (nSPS) is 18.2. The zero-order chi connectivity index (χ0) is 24.3. The van der Waals surface area contributed by atoms with Crippen molar-refractivity contribution in [3.8, 4) is 5.75 Å². The van der Waals surface area contributed by atoms with Gasteiger partial charge in [0.05, 0.1) is 12.5 Å². The number of rotatable bonds is 5. The molecule has 2 aliphatic heterocycles. The number of benzene rings is 3. The third-order valence-electron chi connectivity index (χ3n) is 7.34. The first-order chi connectivity index (χ1) is 17.1. The minimum Gasteiger partial charge on any atom is -0.488 e. The lowest BCUT2D eigenvalue weighted by molar-refractivity contribution is -0.149. The lowest BCUT2D eigenvalue weighted by atomic mass is 9.72. The fourth-order valence-electron chi connectivity index (χ4n) is 5.37. The third kappa shape index (κ3) is 4.73. The largest absolute Gasteiger partial charge is 0.488 e. The van der Waals surface area contributed by atoms with Gasteiger partial charge in [0.2, 0.25) is 0 Å². The van der Waals surface area contributed by atoms with Crippen molar-refractivity contribution in [1.82, 2.24) is 4.90 Å². The average Bonchev–Trinajstić information content (AvgIpc) is 3.06. The number of likely N-dealkylation sites (tertiary alicyclic amines) is 1. The molecule has 0 aromatic heterocycles. The van der Waals surface area contributed by atoms with Gasteiger partial charge in [-0.3, -0.25) is 4.79 Å². The Morgan fingerprint density at radius 3 is 2.43 bits per heavy atom. The zero-order valence-corrected chi connectivity index (χ0v) is 20.8. The maximum atomic E-state index is 12.9. The summed E-state index contributed by atoms with van der Waals surface area (Å²) in [5, 5.41) is 0.672. The molecule has 3 aromatic rings. The van der Waals surface area contributed by atoms with E-state index in [1.54, 1.807) is 0 Å². The number of nitrogens with zero attached hydrogens (tertiary/aromatic N) is 1. The second-order valence-electron chi connectivity index (χ2n) is 9.27. The molecule has 0 atom stereocenters. The molecule has 2 heterocycles. The second kappa shape index (κ2) is 10.3. The van der Waals surface area contributed by atoms with E-state index in [9.17, 15) is 4.79 Å². The Morgan fingerprint density at radius 1 is 1.00 bits per heavy atom. The van der Waals surface area contributed by atoms with Crippen molar-refractivity contribution < 1.29 is 14.3 Å². The topological polar surface area (TPSA) is 38.8 Å². The van der Waals surface area contributed by atoms with Crippen LogP contribution in [0.25, 0.3) is 5.57 Å². The number of hydrogen-bond acceptors (Lipinski definition) is 4. The molecule has 0 bridgehead atoms. The molecule has 1 fully saturated rings. The van der Waals surface area contributed by atoms with Crippen LogP contribution < -0.4 is 4.74 Å². The number of halogens is 1. The van der Waals surface area contributed by atoms with Crippen LogP contribution in [0.3, 0.4) is 0 Å². The fourth-order valence-corrected chi connectivity index (χ4v) is 5.50. The van der Waals surface area contributed by atoms with E-state index in [0.29, 0.717) is 11.6 Å².